The Morgan fingerprint density at radius 3 is 2.63 bits per heavy atom. The van der Waals surface area contributed by atoms with Crippen LogP contribution in [-0.4, -0.2) is 35.5 Å². The fourth-order valence-corrected chi connectivity index (χ4v) is 2.73. The summed E-state index contributed by atoms with van der Waals surface area (Å²) in [5.74, 6) is -0.321. The van der Waals surface area contributed by atoms with E-state index in [4.69, 9.17) is 0 Å². The molecular formula is C14H18FN3O. The molecule has 0 aromatic heterocycles. The van der Waals surface area contributed by atoms with Crippen LogP contribution in [0.4, 0.5) is 10.1 Å². The normalized spacial score (nSPS) is 24.2. The van der Waals surface area contributed by atoms with Crippen LogP contribution in [-0.2, 0) is 0 Å². The van der Waals surface area contributed by atoms with E-state index in [9.17, 15) is 9.50 Å². The summed E-state index contributed by atoms with van der Waals surface area (Å²) in [6, 6.07) is 6.81. The monoisotopic (exact) mass is 263 g/mol. The van der Waals surface area contributed by atoms with Gasteiger partial charge in [-0.25, -0.2) is 4.39 Å². The highest BCUT2D eigenvalue weighted by Crippen LogP contribution is 2.28. The Bertz CT molecular complexity index is 474. The Balaban J connectivity index is 1.77. The lowest BCUT2D eigenvalue weighted by molar-refractivity contribution is 0.0187. The number of hydrogen-bond acceptors (Lipinski definition) is 4. The van der Waals surface area contributed by atoms with Crippen LogP contribution in [0.3, 0.4) is 0 Å². The molecule has 0 bridgehead atoms. The molecule has 0 spiro atoms. The number of nitrogens with one attached hydrogen (secondary N) is 1. The third kappa shape index (κ3) is 2.31. The predicted octanol–water partition coefficient (Wildman–Crippen LogP) is 1.45. The number of halogens is 1. The minimum Gasteiger partial charge on any atom is -0.356 e. The number of para-hydroxylation sites is 1. The fraction of sp³-hybridized carbons (Fsp3) is 0.429. The molecule has 19 heavy (non-hydrogen) atoms. The van der Waals surface area contributed by atoms with Gasteiger partial charge >= 0.3 is 0 Å². The lowest BCUT2D eigenvalue weighted by atomic mass is 10.1. The Hall–Kier alpha value is -1.59. The average Bonchev–Trinajstić information content (AvgIpc) is 2.82. The molecule has 0 amide bonds. The minimum absolute atomic E-state index is 0.310. The van der Waals surface area contributed by atoms with Crippen molar-refractivity contribution in [1.29, 1.82) is 0 Å². The molecule has 1 atom stereocenters. The molecule has 1 fully saturated rings. The van der Waals surface area contributed by atoms with Crippen LogP contribution < -0.4 is 10.2 Å². The molecule has 3 rings (SSSR count). The third-order valence-electron chi connectivity index (χ3n) is 3.78. The van der Waals surface area contributed by atoms with Gasteiger partial charge in [-0.1, -0.05) is 12.1 Å². The van der Waals surface area contributed by atoms with Crippen LogP contribution in [0, 0.1) is 5.82 Å². The van der Waals surface area contributed by atoms with Crippen molar-refractivity contribution in [2.45, 2.75) is 25.2 Å². The summed E-state index contributed by atoms with van der Waals surface area (Å²) in [5.41, 5.74) is 0.405. The van der Waals surface area contributed by atoms with Crippen LogP contribution in [0.25, 0.3) is 0 Å². The van der Waals surface area contributed by atoms with Crippen molar-refractivity contribution in [3.8, 4) is 0 Å². The van der Waals surface area contributed by atoms with Crippen molar-refractivity contribution in [3.05, 3.63) is 42.5 Å². The van der Waals surface area contributed by atoms with E-state index in [1.165, 1.54) is 6.07 Å². The first-order valence-corrected chi connectivity index (χ1v) is 6.65. The highest BCUT2D eigenvalue weighted by Gasteiger charge is 2.32. The number of aliphatic hydroxyl groups is 1. The quantitative estimate of drug-likeness (QED) is 0.847. The van der Waals surface area contributed by atoms with Crippen molar-refractivity contribution in [1.82, 2.24) is 10.2 Å². The Morgan fingerprint density at radius 1 is 1.16 bits per heavy atom. The summed E-state index contributed by atoms with van der Waals surface area (Å²) in [4.78, 5) is 3.48. The first-order valence-electron chi connectivity index (χ1n) is 6.65. The number of aliphatic hydroxyl groups excluding tert-OH is 1. The molecule has 4 nitrogen and oxygen atoms in total. The largest absolute Gasteiger partial charge is 0.356 e. The van der Waals surface area contributed by atoms with E-state index in [1.54, 1.807) is 29.3 Å². The summed E-state index contributed by atoms with van der Waals surface area (Å²) in [7, 11) is 0. The number of nitrogens with zero attached hydrogens (tertiary/aromatic N) is 2. The molecule has 102 valence electrons. The average molecular weight is 263 g/mol. The molecule has 2 aliphatic heterocycles. The molecule has 0 radical (unpaired) electrons. The van der Waals surface area contributed by atoms with Gasteiger partial charge in [-0.05, 0) is 38.1 Å². The zero-order valence-corrected chi connectivity index (χ0v) is 10.7. The van der Waals surface area contributed by atoms with Crippen LogP contribution in [0.5, 0.6) is 0 Å². The van der Waals surface area contributed by atoms with Gasteiger partial charge in [0.2, 0.25) is 6.35 Å². The topological polar surface area (TPSA) is 38.7 Å². The molecule has 2 heterocycles. The maximum Gasteiger partial charge on any atom is 0.211 e. The highest BCUT2D eigenvalue weighted by atomic mass is 19.1. The predicted molar refractivity (Wildman–Crippen MR) is 71.8 cm³/mol. The summed E-state index contributed by atoms with van der Waals surface area (Å²) in [6.45, 7) is 1.92. The van der Waals surface area contributed by atoms with E-state index in [0.29, 0.717) is 11.7 Å². The lowest BCUT2D eigenvalue weighted by Gasteiger charge is -2.36. The van der Waals surface area contributed by atoms with Gasteiger partial charge in [-0.2, -0.15) is 0 Å². The van der Waals surface area contributed by atoms with Gasteiger partial charge < -0.3 is 20.2 Å². The number of anilines is 1. The number of benzene rings is 1. The summed E-state index contributed by atoms with van der Waals surface area (Å²) in [6.07, 6.45) is 4.76. The van der Waals surface area contributed by atoms with Gasteiger partial charge in [0, 0.05) is 18.4 Å². The Morgan fingerprint density at radius 2 is 1.89 bits per heavy atom. The Labute approximate surface area is 112 Å². The molecule has 0 saturated carbocycles. The maximum atomic E-state index is 13.8. The van der Waals surface area contributed by atoms with Crippen molar-refractivity contribution in [2.75, 3.05) is 18.0 Å². The van der Waals surface area contributed by atoms with Crippen molar-refractivity contribution in [2.24, 2.45) is 0 Å². The van der Waals surface area contributed by atoms with Gasteiger partial charge in [0.25, 0.3) is 0 Å². The molecule has 1 unspecified atom stereocenters. The Kier molecular flexibility index (Phi) is 3.40. The first kappa shape index (κ1) is 12.4. The zero-order chi connectivity index (χ0) is 13.2. The van der Waals surface area contributed by atoms with E-state index >= 15 is 0 Å². The van der Waals surface area contributed by atoms with E-state index in [0.717, 1.165) is 25.9 Å². The molecule has 5 heteroatoms. The van der Waals surface area contributed by atoms with Gasteiger partial charge in [-0.3, -0.25) is 0 Å². The molecular weight excluding hydrogens is 245 g/mol. The fourth-order valence-electron chi connectivity index (χ4n) is 2.73. The van der Waals surface area contributed by atoms with Crippen LogP contribution >= 0.6 is 0 Å². The summed E-state index contributed by atoms with van der Waals surface area (Å²) in [5, 5.41) is 13.7. The van der Waals surface area contributed by atoms with Gasteiger partial charge in [0.05, 0.1) is 5.69 Å². The molecule has 2 aliphatic rings. The van der Waals surface area contributed by atoms with E-state index < -0.39 is 6.35 Å². The maximum absolute atomic E-state index is 13.8. The second-order valence-electron chi connectivity index (χ2n) is 4.93. The molecule has 1 aromatic rings. The minimum atomic E-state index is -0.819. The van der Waals surface area contributed by atoms with Gasteiger partial charge in [-0.15, -0.1) is 0 Å². The van der Waals surface area contributed by atoms with Crippen molar-refractivity contribution >= 4 is 5.69 Å². The molecule has 1 aromatic carbocycles. The van der Waals surface area contributed by atoms with Gasteiger partial charge in [0.15, 0.2) is 0 Å². The number of piperidine rings is 1. The molecule has 1 saturated heterocycles. The number of rotatable bonds is 2. The molecule has 0 aliphatic carbocycles. The first-order chi connectivity index (χ1) is 9.27. The summed E-state index contributed by atoms with van der Waals surface area (Å²) < 4.78 is 13.8. The number of hydrogen-bond donors (Lipinski definition) is 2. The van der Waals surface area contributed by atoms with E-state index in [1.807, 2.05) is 11.1 Å². The van der Waals surface area contributed by atoms with Crippen LogP contribution in [0.15, 0.2) is 36.7 Å². The van der Waals surface area contributed by atoms with Crippen molar-refractivity contribution < 1.29 is 9.50 Å². The van der Waals surface area contributed by atoms with Crippen LogP contribution in [0.2, 0.25) is 0 Å². The lowest BCUT2D eigenvalue weighted by Crippen LogP contribution is -2.48. The zero-order valence-electron chi connectivity index (χ0n) is 10.7. The third-order valence-corrected chi connectivity index (χ3v) is 3.78. The van der Waals surface area contributed by atoms with E-state index in [-0.39, 0.29) is 5.82 Å². The molecule has 2 N–H and O–H groups in total. The van der Waals surface area contributed by atoms with Gasteiger partial charge in [0.1, 0.15) is 5.82 Å². The second kappa shape index (κ2) is 5.19. The van der Waals surface area contributed by atoms with Crippen molar-refractivity contribution in [3.63, 3.8) is 0 Å². The highest BCUT2D eigenvalue weighted by molar-refractivity contribution is 5.52. The standard InChI is InChI=1S/C14H18FN3O/c15-12-3-1-2-4-13(12)18-10-9-17(14(18)19)11-5-7-16-8-6-11/h1-4,9-11,14,16,19H,5-8H2. The second-order valence-corrected chi connectivity index (χ2v) is 4.93. The van der Waals surface area contributed by atoms with E-state index in [2.05, 4.69) is 5.32 Å². The van der Waals surface area contributed by atoms with Crippen LogP contribution in [0.1, 0.15) is 12.8 Å². The SMILES string of the molecule is OC1N(c2ccccc2F)C=CN1C1CCNCC1. The smallest absolute Gasteiger partial charge is 0.211 e. The summed E-state index contributed by atoms with van der Waals surface area (Å²) >= 11 is 0.